The van der Waals surface area contributed by atoms with Crippen LogP contribution >= 0.6 is 11.3 Å². The minimum atomic E-state index is -3.60. The van der Waals surface area contributed by atoms with E-state index in [4.69, 9.17) is 0 Å². The summed E-state index contributed by atoms with van der Waals surface area (Å²) >= 11 is 1.15. The van der Waals surface area contributed by atoms with Crippen molar-refractivity contribution in [1.82, 2.24) is 4.31 Å². The van der Waals surface area contributed by atoms with Crippen LogP contribution in [-0.4, -0.2) is 36.6 Å². The topological polar surface area (TPSA) is 110 Å². The number of piperidine rings is 1. The Morgan fingerprint density at radius 3 is 2.78 bits per heavy atom. The number of benzene rings is 1. The molecule has 1 saturated heterocycles. The highest BCUT2D eigenvalue weighted by molar-refractivity contribution is 7.91. The molecule has 1 aliphatic heterocycles. The van der Waals surface area contributed by atoms with Crippen LogP contribution in [0.5, 0.6) is 0 Å². The molecule has 27 heavy (non-hydrogen) atoms. The molecule has 0 bridgehead atoms. The lowest BCUT2D eigenvalue weighted by Gasteiger charge is -2.30. The van der Waals surface area contributed by atoms with Crippen LogP contribution in [0.15, 0.2) is 39.9 Å². The molecule has 8 nitrogen and oxygen atoms in total. The maximum absolute atomic E-state index is 12.7. The number of thiophene rings is 1. The van der Waals surface area contributed by atoms with Gasteiger partial charge >= 0.3 is 0 Å². The summed E-state index contributed by atoms with van der Waals surface area (Å²) in [5.74, 6) is -0.836. The summed E-state index contributed by atoms with van der Waals surface area (Å²) in [6, 6.07) is 7.71. The van der Waals surface area contributed by atoms with Gasteiger partial charge in [0.1, 0.15) is 4.21 Å². The fourth-order valence-electron chi connectivity index (χ4n) is 3.10. The van der Waals surface area contributed by atoms with Gasteiger partial charge in [-0.05, 0) is 37.3 Å². The number of rotatable bonds is 5. The predicted molar refractivity (Wildman–Crippen MR) is 102 cm³/mol. The number of anilines is 1. The number of nitro benzene ring substituents is 1. The number of hydrogen-bond donors (Lipinski definition) is 1. The SMILES string of the molecule is Cc1c(NC(=O)[C@H]2CCCN(S(=O)(=O)c3cccs3)C2)cccc1[N+](=O)[O-]. The molecule has 3 rings (SSSR count). The summed E-state index contributed by atoms with van der Waals surface area (Å²) < 4.78 is 27.0. The van der Waals surface area contributed by atoms with Crippen molar-refractivity contribution in [3.8, 4) is 0 Å². The molecule has 1 amide bonds. The third-order valence-electron chi connectivity index (χ3n) is 4.60. The first-order valence-electron chi connectivity index (χ1n) is 8.39. The highest BCUT2D eigenvalue weighted by Gasteiger charge is 2.34. The second kappa shape index (κ2) is 7.75. The van der Waals surface area contributed by atoms with Crippen molar-refractivity contribution in [3.05, 3.63) is 51.4 Å². The van der Waals surface area contributed by atoms with E-state index < -0.39 is 20.9 Å². The summed E-state index contributed by atoms with van der Waals surface area (Å²) in [4.78, 5) is 23.2. The highest BCUT2D eigenvalue weighted by atomic mass is 32.2. The number of nitrogens with zero attached hydrogens (tertiary/aromatic N) is 2. The van der Waals surface area contributed by atoms with Gasteiger partial charge in [-0.15, -0.1) is 11.3 Å². The summed E-state index contributed by atoms with van der Waals surface area (Å²) in [7, 11) is -3.60. The third-order valence-corrected chi connectivity index (χ3v) is 7.84. The Hall–Kier alpha value is -2.30. The molecule has 144 valence electrons. The quantitative estimate of drug-likeness (QED) is 0.603. The molecular formula is C17H19N3O5S2. The van der Waals surface area contributed by atoms with Crippen LogP contribution in [0, 0.1) is 23.0 Å². The Morgan fingerprint density at radius 2 is 2.11 bits per heavy atom. The Labute approximate surface area is 161 Å². The van der Waals surface area contributed by atoms with E-state index in [0.717, 1.165) is 11.3 Å². The second-order valence-corrected chi connectivity index (χ2v) is 9.44. The Morgan fingerprint density at radius 1 is 1.33 bits per heavy atom. The number of carbonyl (C=O) groups is 1. The van der Waals surface area contributed by atoms with Crippen molar-refractivity contribution < 1.29 is 18.1 Å². The summed E-state index contributed by atoms with van der Waals surface area (Å²) in [6.07, 6.45) is 1.15. The van der Waals surface area contributed by atoms with E-state index in [1.54, 1.807) is 30.5 Å². The number of amides is 1. The molecule has 0 aliphatic carbocycles. The maximum Gasteiger partial charge on any atom is 0.274 e. The molecule has 2 aromatic rings. The number of nitro groups is 1. The molecule has 0 saturated carbocycles. The lowest BCUT2D eigenvalue weighted by molar-refractivity contribution is -0.385. The van der Waals surface area contributed by atoms with Gasteiger partial charge in [-0.1, -0.05) is 12.1 Å². The lowest BCUT2D eigenvalue weighted by atomic mass is 9.98. The molecule has 1 fully saturated rings. The summed E-state index contributed by atoms with van der Waals surface area (Å²) in [6.45, 7) is 2.04. The van der Waals surface area contributed by atoms with E-state index in [-0.39, 0.29) is 22.3 Å². The lowest BCUT2D eigenvalue weighted by Crippen LogP contribution is -2.43. The fourth-order valence-corrected chi connectivity index (χ4v) is 5.77. The molecule has 1 aromatic heterocycles. The minimum absolute atomic E-state index is 0.0710. The number of carbonyl (C=O) groups excluding carboxylic acids is 1. The standard InChI is InChI=1S/C17H19N3O5S2/c1-12-14(6-2-7-15(12)20(22)23)18-17(21)13-5-3-9-19(11-13)27(24,25)16-8-4-10-26-16/h2,4,6-8,10,13H,3,5,9,11H2,1H3,(H,18,21)/t13-/m0/s1. The van der Waals surface area contributed by atoms with Crippen LogP contribution < -0.4 is 5.32 Å². The van der Waals surface area contributed by atoms with Crippen molar-refractivity contribution in [3.63, 3.8) is 0 Å². The largest absolute Gasteiger partial charge is 0.325 e. The predicted octanol–water partition coefficient (Wildman–Crippen LogP) is 3.00. The van der Waals surface area contributed by atoms with Crippen molar-refractivity contribution in [2.45, 2.75) is 24.0 Å². The zero-order valence-corrected chi connectivity index (χ0v) is 16.3. The van der Waals surface area contributed by atoms with E-state index in [1.165, 1.54) is 16.4 Å². The molecule has 0 radical (unpaired) electrons. The summed E-state index contributed by atoms with van der Waals surface area (Å²) in [5.41, 5.74) is 0.667. The van der Waals surface area contributed by atoms with Crippen LogP contribution in [-0.2, 0) is 14.8 Å². The number of nitrogens with one attached hydrogen (secondary N) is 1. The Bertz CT molecular complexity index is 957. The van der Waals surface area contributed by atoms with Gasteiger partial charge in [-0.2, -0.15) is 4.31 Å². The fraction of sp³-hybridized carbons (Fsp3) is 0.353. The average Bonchev–Trinajstić information content (AvgIpc) is 3.19. The van der Waals surface area contributed by atoms with Crippen molar-refractivity contribution in [2.24, 2.45) is 5.92 Å². The first-order chi connectivity index (χ1) is 12.8. The van der Waals surface area contributed by atoms with Crippen molar-refractivity contribution in [2.75, 3.05) is 18.4 Å². The average molecular weight is 409 g/mol. The summed E-state index contributed by atoms with van der Waals surface area (Å²) in [5, 5.41) is 15.5. The van der Waals surface area contributed by atoms with Gasteiger partial charge in [0.25, 0.3) is 15.7 Å². The smallest absolute Gasteiger partial charge is 0.274 e. The van der Waals surface area contributed by atoms with E-state index in [0.29, 0.717) is 30.6 Å². The van der Waals surface area contributed by atoms with Gasteiger partial charge in [-0.3, -0.25) is 14.9 Å². The normalized spacial score (nSPS) is 18.2. The van der Waals surface area contributed by atoms with E-state index in [1.807, 2.05) is 0 Å². The van der Waals surface area contributed by atoms with E-state index in [9.17, 15) is 23.3 Å². The first kappa shape index (κ1) is 19.5. The van der Waals surface area contributed by atoms with E-state index >= 15 is 0 Å². The van der Waals surface area contributed by atoms with E-state index in [2.05, 4.69) is 5.32 Å². The molecule has 2 heterocycles. The first-order valence-corrected chi connectivity index (χ1v) is 10.7. The second-order valence-electron chi connectivity index (χ2n) is 6.33. The van der Waals surface area contributed by atoms with Gasteiger partial charge in [0.05, 0.1) is 22.1 Å². The Balaban J connectivity index is 1.75. The maximum atomic E-state index is 12.7. The molecular weight excluding hydrogens is 390 g/mol. The van der Waals surface area contributed by atoms with Crippen molar-refractivity contribution in [1.29, 1.82) is 0 Å². The van der Waals surface area contributed by atoms with Gasteiger partial charge in [0.2, 0.25) is 5.91 Å². The molecule has 0 unspecified atom stereocenters. The number of hydrogen-bond acceptors (Lipinski definition) is 6. The molecule has 1 aliphatic rings. The van der Waals surface area contributed by atoms with Crippen LogP contribution in [0.4, 0.5) is 11.4 Å². The third kappa shape index (κ3) is 4.02. The van der Waals surface area contributed by atoms with Crippen LogP contribution in [0.3, 0.4) is 0 Å². The van der Waals surface area contributed by atoms with Crippen LogP contribution in [0.25, 0.3) is 0 Å². The molecule has 1 atom stereocenters. The Kier molecular flexibility index (Phi) is 5.59. The number of sulfonamides is 1. The zero-order chi connectivity index (χ0) is 19.6. The zero-order valence-electron chi connectivity index (χ0n) is 14.6. The van der Waals surface area contributed by atoms with Crippen LogP contribution in [0.2, 0.25) is 0 Å². The monoisotopic (exact) mass is 409 g/mol. The van der Waals surface area contributed by atoms with Gasteiger partial charge in [-0.25, -0.2) is 8.42 Å². The molecule has 10 heteroatoms. The van der Waals surface area contributed by atoms with Crippen molar-refractivity contribution >= 4 is 38.6 Å². The molecule has 1 N–H and O–H groups in total. The van der Waals surface area contributed by atoms with Crippen LogP contribution in [0.1, 0.15) is 18.4 Å². The van der Waals surface area contributed by atoms with Gasteiger partial charge < -0.3 is 5.32 Å². The molecule has 1 aromatic carbocycles. The molecule has 0 spiro atoms. The highest BCUT2D eigenvalue weighted by Crippen LogP contribution is 2.29. The van der Waals surface area contributed by atoms with Gasteiger partial charge in [0.15, 0.2) is 0 Å². The van der Waals surface area contributed by atoms with Gasteiger partial charge in [0, 0.05) is 19.2 Å². The minimum Gasteiger partial charge on any atom is -0.325 e.